The molecule has 1 saturated carbocycles. The van der Waals surface area contributed by atoms with E-state index in [2.05, 4.69) is 64.0 Å². The third-order valence-corrected chi connectivity index (χ3v) is 13.0. The summed E-state index contributed by atoms with van der Waals surface area (Å²) >= 11 is 0. The van der Waals surface area contributed by atoms with Crippen LogP contribution in [0.2, 0.25) is 0 Å². The van der Waals surface area contributed by atoms with Gasteiger partial charge in [0, 0.05) is 61.4 Å². The first kappa shape index (κ1) is 37.3. The molecule has 2 N–H and O–H groups in total. The summed E-state index contributed by atoms with van der Waals surface area (Å²) in [5.74, 6) is 2.06. The van der Waals surface area contributed by atoms with Gasteiger partial charge in [-0.05, 0) is 95.4 Å². The van der Waals surface area contributed by atoms with E-state index in [4.69, 9.17) is 4.98 Å². The molecular weight excluding hydrogens is 733 g/mol. The van der Waals surface area contributed by atoms with Crippen LogP contribution >= 0.6 is 0 Å². The number of likely N-dealkylation sites (tertiary alicyclic amines) is 1. The van der Waals surface area contributed by atoms with Gasteiger partial charge in [0.2, 0.25) is 11.8 Å². The van der Waals surface area contributed by atoms with Crippen molar-refractivity contribution in [2.24, 2.45) is 5.92 Å². The van der Waals surface area contributed by atoms with Gasteiger partial charge >= 0.3 is 0 Å². The van der Waals surface area contributed by atoms with Gasteiger partial charge in [0.05, 0.1) is 47.0 Å². The number of hydrogen-bond donors (Lipinski definition) is 2. The molecule has 296 valence electrons. The number of carbonyl (C=O) groups is 2. The predicted octanol–water partition coefficient (Wildman–Crippen LogP) is 4.70. The van der Waals surface area contributed by atoms with E-state index in [0.29, 0.717) is 65.2 Å². The third kappa shape index (κ3) is 6.91. The standard InChI is InChI=1S/C42H46N14O2/c1-26(19-43)49-32-18-38(56-40-30(22-48-56)17-28(20-44)21-47-40)46-24-36(32)55-25-33(51-52-55)29-5-3-27(4-6-29)10-14-53-15-11-35-34(53)12-16-54(35)37-8-7-31(23-45-37)42(2)13-9-39(57)50-41(42)58/h7-8,17-18,21-27,29,34-35H,3-6,9-16H2,1-2H3,(H,46,49)(H,50,57,58)/t26-,27?,29?,34+,35+,42-/m1/s1. The Bertz CT molecular complexity index is 2440. The smallest absolute Gasteiger partial charge is 0.236 e. The van der Waals surface area contributed by atoms with Crippen LogP contribution in [0.4, 0.5) is 11.5 Å². The van der Waals surface area contributed by atoms with Crippen LogP contribution in [-0.2, 0) is 15.0 Å². The molecule has 4 atom stereocenters. The number of nitrogens with one attached hydrogen (secondary N) is 2. The van der Waals surface area contributed by atoms with Crippen molar-refractivity contribution in [1.82, 2.24) is 49.9 Å². The Balaban J connectivity index is 0.799. The van der Waals surface area contributed by atoms with Gasteiger partial charge in [0.1, 0.15) is 23.6 Å². The highest BCUT2D eigenvalue weighted by molar-refractivity contribution is 6.03. The van der Waals surface area contributed by atoms with Gasteiger partial charge in [0.25, 0.3) is 0 Å². The lowest BCUT2D eigenvalue weighted by atomic mass is 9.76. The maximum Gasteiger partial charge on any atom is 0.236 e. The van der Waals surface area contributed by atoms with Crippen LogP contribution in [0.5, 0.6) is 0 Å². The van der Waals surface area contributed by atoms with Crippen molar-refractivity contribution in [2.75, 3.05) is 29.9 Å². The predicted molar refractivity (Wildman–Crippen MR) is 214 cm³/mol. The highest BCUT2D eigenvalue weighted by Gasteiger charge is 2.44. The fourth-order valence-corrected chi connectivity index (χ4v) is 9.54. The summed E-state index contributed by atoms with van der Waals surface area (Å²) in [7, 11) is 0. The molecular formula is C42H46N14O2. The minimum Gasteiger partial charge on any atom is -0.368 e. The first-order valence-corrected chi connectivity index (χ1v) is 20.4. The number of imide groups is 1. The number of aromatic nitrogens is 8. The molecule has 0 bridgehead atoms. The molecule has 0 radical (unpaired) electrons. The summed E-state index contributed by atoms with van der Waals surface area (Å²) in [6.07, 6.45) is 17.5. The molecule has 0 aromatic carbocycles. The van der Waals surface area contributed by atoms with E-state index in [0.717, 1.165) is 80.6 Å². The Morgan fingerprint density at radius 2 is 1.79 bits per heavy atom. The van der Waals surface area contributed by atoms with E-state index in [1.54, 1.807) is 34.7 Å². The quantitative estimate of drug-likeness (QED) is 0.185. The topological polar surface area (TPSA) is 199 Å². The Morgan fingerprint density at radius 3 is 2.57 bits per heavy atom. The zero-order chi connectivity index (χ0) is 40.0. The van der Waals surface area contributed by atoms with Gasteiger partial charge < -0.3 is 10.2 Å². The second-order valence-electron chi connectivity index (χ2n) is 16.5. The molecule has 8 heterocycles. The highest BCUT2D eigenvalue weighted by Crippen LogP contribution is 2.40. The van der Waals surface area contributed by atoms with Crippen molar-refractivity contribution in [3.8, 4) is 23.6 Å². The lowest BCUT2D eigenvalue weighted by molar-refractivity contribution is -0.137. The van der Waals surface area contributed by atoms with Gasteiger partial charge in [-0.2, -0.15) is 20.3 Å². The fourth-order valence-electron chi connectivity index (χ4n) is 9.54. The lowest BCUT2D eigenvalue weighted by Crippen LogP contribution is -2.49. The van der Waals surface area contributed by atoms with E-state index in [-0.39, 0.29) is 11.8 Å². The molecule has 0 unspecified atom stereocenters. The van der Waals surface area contributed by atoms with Crippen LogP contribution < -0.4 is 15.5 Å². The van der Waals surface area contributed by atoms with Gasteiger partial charge in [-0.1, -0.05) is 11.3 Å². The van der Waals surface area contributed by atoms with Gasteiger partial charge in [-0.25, -0.2) is 19.6 Å². The molecule has 1 aliphatic carbocycles. The van der Waals surface area contributed by atoms with Crippen molar-refractivity contribution in [2.45, 2.75) is 101 Å². The summed E-state index contributed by atoms with van der Waals surface area (Å²) in [4.78, 5) is 43.5. The first-order chi connectivity index (χ1) is 28.2. The van der Waals surface area contributed by atoms with Crippen molar-refractivity contribution >= 4 is 34.4 Å². The van der Waals surface area contributed by atoms with Crippen LogP contribution in [0, 0.1) is 28.6 Å². The second-order valence-corrected chi connectivity index (χ2v) is 16.5. The van der Waals surface area contributed by atoms with Crippen molar-refractivity contribution < 1.29 is 9.59 Å². The average molecular weight is 779 g/mol. The Morgan fingerprint density at radius 1 is 0.966 bits per heavy atom. The average Bonchev–Trinajstić information content (AvgIpc) is 4.07. The normalized spacial score (nSPS) is 25.3. The Kier molecular flexibility index (Phi) is 9.81. The number of nitriles is 2. The summed E-state index contributed by atoms with van der Waals surface area (Å²) in [6, 6.07) is 12.5. The van der Waals surface area contributed by atoms with Crippen molar-refractivity contribution in [1.29, 1.82) is 10.5 Å². The van der Waals surface area contributed by atoms with Crippen molar-refractivity contribution in [3.05, 3.63) is 72.1 Å². The number of rotatable bonds is 10. The molecule has 3 saturated heterocycles. The van der Waals surface area contributed by atoms with Crippen LogP contribution in [0.1, 0.15) is 94.4 Å². The van der Waals surface area contributed by atoms with E-state index in [9.17, 15) is 20.1 Å². The second kappa shape index (κ2) is 15.2. The number of piperidine rings is 1. The summed E-state index contributed by atoms with van der Waals surface area (Å²) in [5.41, 5.74) is 3.47. The largest absolute Gasteiger partial charge is 0.368 e. The number of hydrogen-bond acceptors (Lipinski definition) is 13. The minimum atomic E-state index is -0.733. The number of pyridine rings is 3. The molecule has 9 rings (SSSR count). The molecule has 16 heteroatoms. The molecule has 4 fully saturated rings. The van der Waals surface area contributed by atoms with E-state index in [1.165, 1.54) is 12.6 Å². The molecule has 2 amide bonds. The summed E-state index contributed by atoms with van der Waals surface area (Å²) < 4.78 is 3.35. The van der Waals surface area contributed by atoms with E-state index >= 15 is 0 Å². The summed E-state index contributed by atoms with van der Waals surface area (Å²) in [6.45, 7) is 6.89. The first-order valence-electron chi connectivity index (χ1n) is 20.4. The van der Waals surface area contributed by atoms with Gasteiger partial charge in [-0.15, -0.1) is 5.10 Å². The maximum atomic E-state index is 12.7. The summed E-state index contributed by atoms with van der Waals surface area (Å²) in [5, 5.41) is 39.0. The number of fused-ring (bicyclic) bond motifs is 2. The lowest BCUT2D eigenvalue weighted by Gasteiger charge is -2.32. The number of anilines is 2. The molecule has 3 aliphatic heterocycles. The minimum absolute atomic E-state index is 0.206. The fraction of sp³-hybridized carbons (Fsp3) is 0.476. The molecule has 58 heavy (non-hydrogen) atoms. The number of carbonyl (C=O) groups excluding carboxylic acids is 2. The zero-order valence-electron chi connectivity index (χ0n) is 32.8. The van der Waals surface area contributed by atoms with E-state index < -0.39 is 11.5 Å². The van der Waals surface area contributed by atoms with E-state index in [1.807, 2.05) is 31.5 Å². The maximum absolute atomic E-state index is 12.7. The van der Waals surface area contributed by atoms with Gasteiger partial charge in [0.15, 0.2) is 11.5 Å². The number of nitrogens with zero attached hydrogens (tertiary/aromatic N) is 12. The van der Waals surface area contributed by atoms with Crippen LogP contribution in [0.3, 0.4) is 0 Å². The molecule has 0 spiro atoms. The molecule has 4 aliphatic rings. The highest BCUT2D eigenvalue weighted by atomic mass is 16.2. The van der Waals surface area contributed by atoms with Crippen molar-refractivity contribution in [3.63, 3.8) is 0 Å². The Hall–Kier alpha value is -6.26. The van der Waals surface area contributed by atoms with Crippen LogP contribution in [0.25, 0.3) is 22.5 Å². The monoisotopic (exact) mass is 778 g/mol. The molecule has 5 aromatic heterocycles. The third-order valence-electron chi connectivity index (χ3n) is 13.0. The SMILES string of the molecule is C[C@H](C#N)Nc1cc(-n2ncc3cc(C#N)cnc32)ncc1-n1cc(C2CCC(CCN3CC[C@H]4[C@@H]3CCN4c3ccc([C@@]4(C)CCC(=O)NC4=O)cn3)CC2)nn1. The number of amides is 2. The van der Waals surface area contributed by atoms with Crippen LogP contribution in [0.15, 0.2) is 55.2 Å². The van der Waals surface area contributed by atoms with Crippen LogP contribution in [-0.4, -0.2) is 94.2 Å². The zero-order valence-corrected chi connectivity index (χ0v) is 32.8. The Labute approximate surface area is 336 Å². The van der Waals surface area contributed by atoms with Gasteiger partial charge in [-0.3, -0.25) is 19.8 Å². The molecule has 5 aromatic rings. The molecule has 16 nitrogen and oxygen atoms in total.